The van der Waals surface area contributed by atoms with Gasteiger partial charge < -0.3 is 14.8 Å². The van der Waals surface area contributed by atoms with Crippen molar-refractivity contribution >= 4 is 11.9 Å². The van der Waals surface area contributed by atoms with E-state index >= 15 is 0 Å². The summed E-state index contributed by atoms with van der Waals surface area (Å²) in [6, 6.07) is 3.71. The zero-order valence-corrected chi connectivity index (χ0v) is 10.5. The van der Waals surface area contributed by atoms with Crippen LogP contribution < -0.4 is 5.32 Å². The van der Waals surface area contributed by atoms with Gasteiger partial charge in [0.2, 0.25) is 5.95 Å². The van der Waals surface area contributed by atoms with E-state index in [1.54, 1.807) is 0 Å². The van der Waals surface area contributed by atoms with E-state index in [1.807, 2.05) is 0 Å². The summed E-state index contributed by atoms with van der Waals surface area (Å²) in [5, 5.41) is 11.4. The molecule has 2 heterocycles. The van der Waals surface area contributed by atoms with Crippen LogP contribution in [-0.2, 0) is 6.54 Å². The van der Waals surface area contributed by atoms with Crippen molar-refractivity contribution in [1.29, 1.82) is 0 Å². The van der Waals surface area contributed by atoms with Gasteiger partial charge in [-0.25, -0.2) is 9.78 Å². The third-order valence-corrected chi connectivity index (χ3v) is 2.61. The highest BCUT2D eigenvalue weighted by molar-refractivity contribution is 5.94. The molecule has 0 aromatic carbocycles. The zero-order chi connectivity index (χ0) is 14.7. The summed E-state index contributed by atoms with van der Waals surface area (Å²) in [7, 11) is 0. The van der Waals surface area contributed by atoms with Crippen molar-refractivity contribution in [2.45, 2.75) is 13.5 Å². The van der Waals surface area contributed by atoms with Crippen LogP contribution in [0.15, 0.2) is 28.8 Å². The Kier molecular flexibility index (Phi) is 3.79. The largest absolute Gasteiger partial charge is 0.478 e. The van der Waals surface area contributed by atoms with E-state index in [0.717, 1.165) is 6.07 Å². The number of pyridine rings is 1. The van der Waals surface area contributed by atoms with Gasteiger partial charge >= 0.3 is 5.97 Å². The third kappa shape index (κ3) is 3.00. The van der Waals surface area contributed by atoms with Crippen LogP contribution in [0, 0.1) is 12.9 Å². The van der Waals surface area contributed by atoms with E-state index in [4.69, 9.17) is 9.52 Å². The number of nitrogens with zero attached hydrogens (tertiary/aromatic N) is 1. The van der Waals surface area contributed by atoms with E-state index in [9.17, 15) is 14.0 Å². The lowest BCUT2D eigenvalue weighted by atomic mass is 10.2. The number of carboxylic acids is 1. The van der Waals surface area contributed by atoms with Crippen molar-refractivity contribution in [2.75, 3.05) is 0 Å². The lowest BCUT2D eigenvalue weighted by Crippen LogP contribution is -2.22. The molecular weight excluding hydrogens is 267 g/mol. The van der Waals surface area contributed by atoms with Crippen LogP contribution >= 0.6 is 0 Å². The number of furan rings is 1. The highest BCUT2D eigenvalue weighted by Gasteiger charge is 2.14. The minimum atomic E-state index is -1.10. The normalized spacial score (nSPS) is 10.3. The fourth-order valence-corrected chi connectivity index (χ4v) is 1.66. The number of hydrogen-bond acceptors (Lipinski definition) is 4. The predicted octanol–water partition coefficient (Wildman–Crippen LogP) is 1.75. The van der Waals surface area contributed by atoms with Crippen molar-refractivity contribution in [3.8, 4) is 0 Å². The number of amides is 1. The molecule has 0 fully saturated rings. The Morgan fingerprint density at radius 1 is 1.45 bits per heavy atom. The second-order valence-corrected chi connectivity index (χ2v) is 4.04. The molecule has 7 heteroatoms. The molecule has 0 atom stereocenters. The standard InChI is InChI=1S/C13H11FN2O4/c1-7-10(13(18)19)5-9(20-7)6-16-12(17)8-2-3-15-11(14)4-8/h2-5H,6H2,1H3,(H,16,17)(H,18,19). The molecule has 2 N–H and O–H groups in total. The lowest BCUT2D eigenvalue weighted by molar-refractivity contribution is 0.0694. The van der Waals surface area contributed by atoms with Gasteiger partial charge in [0.25, 0.3) is 5.91 Å². The molecule has 0 saturated heterocycles. The van der Waals surface area contributed by atoms with Gasteiger partial charge in [0.1, 0.15) is 17.1 Å². The number of aryl methyl sites for hydroxylation is 1. The Bertz CT molecular complexity index is 666. The summed E-state index contributed by atoms with van der Waals surface area (Å²) in [6.45, 7) is 1.53. The van der Waals surface area contributed by atoms with Crippen LogP contribution in [0.1, 0.15) is 32.2 Å². The number of aromatic nitrogens is 1. The highest BCUT2D eigenvalue weighted by Crippen LogP contribution is 2.14. The van der Waals surface area contributed by atoms with Crippen LogP contribution in [0.2, 0.25) is 0 Å². The topological polar surface area (TPSA) is 92.4 Å². The number of carbonyl (C=O) groups excluding carboxylic acids is 1. The first kappa shape index (κ1) is 13.7. The van der Waals surface area contributed by atoms with Gasteiger partial charge in [0.05, 0.1) is 6.54 Å². The maximum atomic E-state index is 12.9. The third-order valence-electron chi connectivity index (χ3n) is 2.61. The van der Waals surface area contributed by atoms with Gasteiger partial charge in [-0.3, -0.25) is 4.79 Å². The first-order chi connectivity index (χ1) is 9.47. The van der Waals surface area contributed by atoms with Crippen molar-refractivity contribution < 1.29 is 23.5 Å². The minimum Gasteiger partial charge on any atom is -0.478 e. The van der Waals surface area contributed by atoms with Gasteiger partial charge in [-0.05, 0) is 19.1 Å². The molecule has 20 heavy (non-hydrogen) atoms. The van der Waals surface area contributed by atoms with Gasteiger partial charge in [-0.1, -0.05) is 0 Å². The summed E-state index contributed by atoms with van der Waals surface area (Å²) in [4.78, 5) is 25.9. The Morgan fingerprint density at radius 2 is 2.20 bits per heavy atom. The Morgan fingerprint density at radius 3 is 2.80 bits per heavy atom. The zero-order valence-electron chi connectivity index (χ0n) is 10.5. The molecular formula is C13H11FN2O4. The monoisotopic (exact) mass is 278 g/mol. The van der Waals surface area contributed by atoms with Crippen molar-refractivity contribution in [3.63, 3.8) is 0 Å². The number of carbonyl (C=O) groups is 2. The first-order valence-electron chi connectivity index (χ1n) is 5.69. The Labute approximate surface area is 113 Å². The van der Waals surface area contributed by atoms with Crippen LogP contribution in [0.4, 0.5) is 4.39 Å². The molecule has 2 aromatic heterocycles. The summed E-state index contributed by atoms with van der Waals surface area (Å²) < 4.78 is 18.1. The fraction of sp³-hybridized carbons (Fsp3) is 0.154. The molecule has 0 unspecified atom stereocenters. The molecule has 6 nitrogen and oxygen atoms in total. The lowest BCUT2D eigenvalue weighted by Gasteiger charge is -2.02. The number of aromatic carboxylic acids is 1. The predicted molar refractivity (Wildman–Crippen MR) is 65.8 cm³/mol. The van der Waals surface area contributed by atoms with E-state index < -0.39 is 17.8 Å². The van der Waals surface area contributed by atoms with E-state index in [2.05, 4.69) is 10.3 Å². The SMILES string of the molecule is Cc1oc(CNC(=O)c2ccnc(F)c2)cc1C(=O)O. The summed E-state index contributed by atoms with van der Waals surface area (Å²) in [6.07, 6.45) is 1.18. The van der Waals surface area contributed by atoms with Crippen molar-refractivity contribution in [2.24, 2.45) is 0 Å². The van der Waals surface area contributed by atoms with Crippen molar-refractivity contribution in [3.05, 3.63) is 53.0 Å². The van der Waals surface area contributed by atoms with E-state index in [0.29, 0.717) is 5.76 Å². The molecule has 0 aliphatic carbocycles. The molecule has 104 valence electrons. The average Bonchev–Trinajstić information content (AvgIpc) is 2.77. The van der Waals surface area contributed by atoms with Gasteiger partial charge in [0.15, 0.2) is 0 Å². The van der Waals surface area contributed by atoms with Crippen LogP contribution in [-0.4, -0.2) is 22.0 Å². The number of nitrogens with one attached hydrogen (secondary N) is 1. The second kappa shape index (κ2) is 5.52. The number of carboxylic acid groups (broad SMARTS) is 1. The average molecular weight is 278 g/mol. The molecule has 2 rings (SSSR count). The summed E-state index contributed by atoms with van der Waals surface area (Å²) in [5.41, 5.74) is 0.170. The first-order valence-corrected chi connectivity index (χ1v) is 5.69. The van der Waals surface area contributed by atoms with Gasteiger partial charge in [-0.15, -0.1) is 0 Å². The molecule has 1 amide bonds. The molecule has 0 aliphatic heterocycles. The smallest absolute Gasteiger partial charge is 0.339 e. The van der Waals surface area contributed by atoms with Gasteiger partial charge in [0, 0.05) is 17.8 Å². The highest BCUT2D eigenvalue weighted by atomic mass is 19.1. The van der Waals surface area contributed by atoms with Crippen molar-refractivity contribution in [1.82, 2.24) is 10.3 Å². The summed E-state index contributed by atoms with van der Waals surface area (Å²) in [5.74, 6) is -1.78. The maximum absolute atomic E-state index is 12.9. The molecule has 0 bridgehead atoms. The molecule has 0 radical (unpaired) electrons. The summed E-state index contributed by atoms with van der Waals surface area (Å²) >= 11 is 0. The van der Waals surface area contributed by atoms with Gasteiger partial charge in [-0.2, -0.15) is 4.39 Å². The number of hydrogen-bond donors (Lipinski definition) is 2. The second-order valence-electron chi connectivity index (χ2n) is 4.04. The molecule has 0 spiro atoms. The van der Waals surface area contributed by atoms with Crippen LogP contribution in [0.5, 0.6) is 0 Å². The quantitative estimate of drug-likeness (QED) is 0.831. The van der Waals surface area contributed by atoms with E-state index in [1.165, 1.54) is 25.3 Å². The fourth-order valence-electron chi connectivity index (χ4n) is 1.66. The number of rotatable bonds is 4. The Hall–Kier alpha value is -2.70. The molecule has 0 aliphatic rings. The van der Waals surface area contributed by atoms with Crippen LogP contribution in [0.3, 0.4) is 0 Å². The maximum Gasteiger partial charge on any atom is 0.339 e. The van der Waals surface area contributed by atoms with E-state index in [-0.39, 0.29) is 23.4 Å². The molecule has 2 aromatic rings. The number of halogens is 1. The Balaban J connectivity index is 2.04. The molecule has 0 saturated carbocycles. The van der Waals surface area contributed by atoms with Crippen LogP contribution in [0.25, 0.3) is 0 Å². The minimum absolute atomic E-state index is 0.0108.